The maximum atomic E-state index is 5.52. The highest BCUT2D eigenvalue weighted by molar-refractivity contribution is 5.58. The summed E-state index contributed by atoms with van der Waals surface area (Å²) in [4.78, 5) is 8.64. The van der Waals surface area contributed by atoms with Crippen LogP contribution in [0, 0.1) is 0 Å². The van der Waals surface area contributed by atoms with Gasteiger partial charge in [-0.25, -0.2) is 14.6 Å². The van der Waals surface area contributed by atoms with E-state index in [4.69, 9.17) is 4.74 Å². The first-order valence-electron chi connectivity index (χ1n) is 7.46. The van der Waals surface area contributed by atoms with Gasteiger partial charge in [0.25, 0.3) is 0 Å². The van der Waals surface area contributed by atoms with Crippen molar-refractivity contribution in [2.24, 2.45) is 0 Å². The Balaban J connectivity index is 2.50. The van der Waals surface area contributed by atoms with Crippen LogP contribution >= 0.6 is 0 Å². The summed E-state index contributed by atoms with van der Waals surface area (Å²) in [5.74, 6) is 2.02. The molecular formula is C15H23N5O. The molecule has 0 unspecified atom stereocenters. The quantitative estimate of drug-likeness (QED) is 0.848. The zero-order valence-corrected chi connectivity index (χ0v) is 13.2. The van der Waals surface area contributed by atoms with Crippen molar-refractivity contribution in [3.63, 3.8) is 0 Å². The Hall–Kier alpha value is -2.11. The fourth-order valence-corrected chi connectivity index (χ4v) is 2.16. The third-order valence-electron chi connectivity index (χ3n) is 3.29. The van der Waals surface area contributed by atoms with E-state index in [0.717, 1.165) is 37.2 Å². The first-order chi connectivity index (χ1) is 10.2. The second kappa shape index (κ2) is 7.06. The second-order valence-corrected chi connectivity index (χ2v) is 4.75. The first-order valence-corrected chi connectivity index (χ1v) is 7.46. The van der Waals surface area contributed by atoms with Gasteiger partial charge in [-0.2, -0.15) is 5.10 Å². The van der Waals surface area contributed by atoms with Crippen molar-refractivity contribution in [2.45, 2.75) is 40.0 Å². The average molecular weight is 289 g/mol. The van der Waals surface area contributed by atoms with Crippen molar-refractivity contribution in [1.29, 1.82) is 0 Å². The van der Waals surface area contributed by atoms with Crippen LogP contribution in [0.1, 0.15) is 38.6 Å². The number of methoxy groups -OCH3 is 1. The van der Waals surface area contributed by atoms with Gasteiger partial charge in [0.05, 0.1) is 12.8 Å². The van der Waals surface area contributed by atoms with Gasteiger partial charge in [-0.15, -0.1) is 0 Å². The molecule has 21 heavy (non-hydrogen) atoms. The Labute approximate surface area is 125 Å². The molecule has 0 radical (unpaired) electrons. The van der Waals surface area contributed by atoms with E-state index in [2.05, 4.69) is 47.2 Å². The molecule has 0 fully saturated rings. The van der Waals surface area contributed by atoms with E-state index in [0.29, 0.717) is 17.4 Å². The van der Waals surface area contributed by atoms with Crippen LogP contribution in [0.15, 0.2) is 12.4 Å². The fourth-order valence-electron chi connectivity index (χ4n) is 2.16. The van der Waals surface area contributed by atoms with Crippen LogP contribution in [0.25, 0.3) is 5.82 Å². The molecule has 2 aromatic rings. The molecular weight excluding hydrogens is 266 g/mol. The molecule has 6 heteroatoms. The smallest absolute Gasteiger partial charge is 0.206 e. The van der Waals surface area contributed by atoms with Gasteiger partial charge in [0.2, 0.25) is 11.6 Å². The van der Waals surface area contributed by atoms with E-state index in [-0.39, 0.29) is 0 Å². The number of ether oxygens (including phenoxy) is 1. The maximum Gasteiger partial charge on any atom is 0.206 e. The standard InChI is InChI=1S/C15H23N5O/c1-5-8-16-14-13(21-4)15(18-10-17-14)20-12(7-3)9-11(6-2)19-20/h9-10H,5-8H2,1-4H3,(H,16,17,18). The summed E-state index contributed by atoms with van der Waals surface area (Å²) in [5.41, 5.74) is 2.17. The highest BCUT2D eigenvalue weighted by Crippen LogP contribution is 2.28. The third kappa shape index (κ3) is 3.15. The minimum Gasteiger partial charge on any atom is -0.490 e. The molecule has 0 saturated heterocycles. The predicted molar refractivity (Wildman–Crippen MR) is 83.2 cm³/mol. The van der Waals surface area contributed by atoms with E-state index in [1.165, 1.54) is 0 Å². The van der Waals surface area contributed by atoms with E-state index in [1.54, 1.807) is 13.4 Å². The van der Waals surface area contributed by atoms with Crippen LogP contribution in [0.2, 0.25) is 0 Å². The molecule has 0 amide bonds. The van der Waals surface area contributed by atoms with E-state index in [1.807, 2.05) is 4.68 Å². The number of anilines is 1. The summed E-state index contributed by atoms with van der Waals surface area (Å²) >= 11 is 0. The number of rotatable bonds is 7. The summed E-state index contributed by atoms with van der Waals surface area (Å²) < 4.78 is 7.38. The summed E-state index contributed by atoms with van der Waals surface area (Å²) in [7, 11) is 1.63. The van der Waals surface area contributed by atoms with Crippen molar-refractivity contribution in [1.82, 2.24) is 19.7 Å². The monoisotopic (exact) mass is 289 g/mol. The summed E-state index contributed by atoms with van der Waals surface area (Å²) in [6.07, 6.45) is 4.35. The summed E-state index contributed by atoms with van der Waals surface area (Å²) in [5, 5.41) is 7.88. The van der Waals surface area contributed by atoms with Gasteiger partial charge < -0.3 is 10.1 Å². The Kier molecular flexibility index (Phi) is 5.14. The number of aromatic nitrogens is 4. The molecule has 2 rings (SSSR count). The molecule has 0 aliphatic rings. The largest absolute Gasteiger partial charge is 0.490 e. The van der Waals surface area contributed by atoms with Crippen LogP contribution < -0.4 is 10.1 Å². The lowest BCUT2D eigenvalue weighted by Gasteiger charge is -2.13. The molecule has 0 aliphatic carbocycles. The lowest BCUT2D eigenvalue weighted by molar-refractivity contribution is 0.408. The van der Waals surface area contributed by atoms with Crippen LogP contribution in [-0.4, -0.2) is 33.4 Å². The molecule has 2 aromatic heterocycles. The molecule has 0 aromatic carbocycles. The molecule has 0 saturated carbocycles. The van der Waals surface area contributed by atoms with Crippen LogP contribution in [0.5, 0.6) is 5.75 Å². The van der Waals surface area contributed by atoms with Gasteiger partial charge in [0.1, 0.15) is 6.33 Å². The molecule has 1 N–H and O–H groups in total. The highest BCUT2D eigenvalue weighted by Gasteiger charge is 2.17. The van der Waals surface area contributed by atoms with Crippen molar-refractivity contribution >= 4 is 5.82 Å². The first kappa shape index (κ1) is 15.3. The molecule has 0 spiro atoms. The average Bonchev–Trinajstić information content (AvgIpc) is 2.95. The zero-order chi connectivity index (χ0) is 15.2. The Morgan fingerprint density at radius 3 is 2.62 bits per heavy atom. The van der Waals surface area contributed by atoms with Crippen LogP contribution in [0.3, 0.4) is 0 Å². The molecule has 2 heterocycles. The van der Waals surface area contributed by atoms with Crippen LogP contribution in [0.4, 0.5) is 5.82 Å². The zero-order valence-electron chi connectivity index (χ0n) is 13.2. The van der Waals surface area contributed by atoms with Gasteiger partial charge in [0.15, 0.2) is 5.82 Å². The molecule has 6 nitrogen and oxygen atoms in total. The Morgan fingerprint density at radius 2 is 2.00 bits per heavy atom. The normalized spacial score (nSPS) is 10.7. The van der Waals surface area contributed by atoms with E-state index < -0.39 is 0 Å². The topological polar surface area (TPSA) is 64.9 Å². The van der Waals surface area contributed by atoms with Gasteiger partial charge in [-0.3, -0.25) is 0 Å². The Morgan fingerprint density at radius 1 is 1.19 bits per heavy atom. The minimum atomic E-state index is 0.631. The maximum absolute atomic E-state index is 5.52. The Bertz CT molecular complexity index is 594. The van der Waals surface area contributed by atoms with Crippen molar-refractivity contribution in [3.8, 4) is 11.6 Å². The minimum absolute atomic E-state index is 0.631. The van der Waals surface area contributed by atoms with Crippen molar-refractivity contribution in [2.75, 3.05) is 19.0 Å². The van der Waals surface area contributed by atoms with Crippen molar-refractivity contribution in [3.05, 3.63) is 23.8 Å². The SMILES string of the molecule is CCCNc1ncnc(-n2nc(CC)cc2CC)c1OC. The fraction of sp³-hybridized carbons (Fsp3) is 0.533. The molecule has 114 valence electrons. The summed E-state index contributed by atoms with van der Waals surface area (Å²) in [6, 6.07) is 2.11. The predicted octanol–water partition coefficient (Wildman–Crippen LogP) is 2.62. The molecule has 0 atom stereocenters. The number of hydrogen-bond acceptors (Lipinski definition) is 5. The second-order valence-electron chi connectivity index (χ2n) is 4.75. The lowest BCUT2D eigenvalue weighted by atomic mass is 10.2. The lowest BCUT2D eigenvalue weighted by Crippen LogP contribution is -2.11. The van der Waals surface area contributed by atoms with Crippen molar-refractivity contribution < 1.29 is 4.74 Å². The van der Waals surface area contributed by atoms with E-state index in [9.17, 15) is 0 Å². The third-order valence-corrected chi connectivity index (χ3v) is 3.29. The summed E-state index contributed by atoms with van der Waals surface area (Å²) in [6.45, 7) is 7.15. The molecule has 0 aliphatic heterocycles. The highest BCUT2D eigenvalue weighted by atomic mass is 16.5. The number of nitrogens with one attached hydrogen (secondary N) is 1. The number of aryl methyl sites for hydroxylation is 2. The van der Waals surface area contributed by atoms with Gasteiger partial charge in [0, 0.05) is 12.2 Å². The van der Waals surface area contributed by atoms with E-state index >= 15 is 0 Å². The van der Waals surface area contributed by atoms with Gasteiger partial charge >= 0.3 is 0 Å². The van der Waals surface area contributed by atoms with Gasteiger partial charge in [-0.1, -0.05) is 20.8 Å². The van der Waals surface area contributed by atoms with Gasteiger partial charge in [-0.05, 0) is 25.3 Å². The molecule has 0 bridgehead atoms. The number of hydrogen-bond donors (Lipinski definition) is 1. The van der Waals surface area contributed by atoms with Crippen LogP contribution in [-0.2, 0) is 12.8 Å². The number of nitrogens with zero attached hydrogens (tertiary/aromatic N) is 4.